The second-order valence-corrected chi connectivity index (χ2v) is 9.38. The Hall–Kier alpha value is -3.84. The van der Waals surface area contributed by atoms with Crippen molar-refractivity contribution in [3.8, 4) is 5.75 Å². The number of anilines is 1. The lowest BCUT2D eigenvalue weighted by molar-refractivity contribution is 0.0474. The molecule has 0 aliphatic heterocycles. The maximum Gasteiger partial charge on any atom is 0.338 e. The zero-order chi connectivity index (χ0) is 23.4. The van der Waals surface area contributed by atoms with Crippen molar-refractivity contribution in [3.05, 3.63) is 102 Å². The van der Waals surface area contributed by atoms with Crippen LogP contribution in [-0.4, -0.2) is 28.5 Å². The van der Waals surface area contributed by atoms with Gasteiger partial charge in [-0.15, -0.1) is 0 Å². The van der Waals surface area contributed by atoms with Crippen LogP contribution in [0.15, 0.2) is 95.9 Å². The third-order valence-corrected chi connectivity index (χ3v) is 7.18. The molecule has 4 rings (SSSR count). The predicted octanol–water partition coefficient (Wildman–Crippen LogP) is 5.03. The summed E-state index contributed by atoms with van der Waals surface area (Å²) in [5.41, 5.74) is 1.52. The fraction of sp³-hybridized carbons (Fsp3) is 0.115. The highest BCUT2D eigenvalue weighted by Gasteiger charge is 2.23. The van der Waals surface area contributed by atoms with Gasteiger partial charge in [-0.3, -0.25) is 4.31 Å². The van der Waals surface area contributed by atoms with Crippen LogP contribution in [0.4, 0.5) is 5.69 Å². The van der Waals surface area contributed by atoms with Gasteiger partial charge in [0.1, 0.15) is 12.4 Å². The number of esters is 1. The molecule has 0 unspecified atom stereocenters. The van der Waals surface area contributed by atoms with Crippen LogP contribution in [-0.2, 0) is 21.4 Å². The highest BCUT2D eigenvalue weighted by molar-refractivity contribution is 7.92. The van der Waals surface area contributed by atoms with Gasteiger partial charge in [0.15, 0.2) is 0 Å². The van der Waals surface area contributed by atoms with E-state index in [0.717, 1.165) is 20.6 Å². The summed E-state index contributed by atoms with van der Waals surface area (Å²) < 4.78 is 38.0. The van der Waals surface area contributed by atoms with Gasteiger partial charge >= 0.3 is 5.97 Å². The molecule has 0 bridgehead atoms. The summed E-state index contributed by atoms with van der Waals surface area (Å²) in [6, 6.07) is 26.2. The third-order valence-electron chi connectivity index (χ3n) is 5.40. The lowest BCUT2D eigenvalue weighted by Gasteiger charge is -2.20. The second-order valence-electron chi connectivity index (χ2n) is 7.41. The Morgan fingerprint density at radius 3 is 2.33 bits per heavy atom. The van der Waals surface area contributed by atoms with E-state index in [9.17, 15) is 13.2 Å². The van der Waals surface area contributed by atoms with Gasteiger partial charge in [0, 0.05) is 7.05 Å². The Balaban J connectivity index is 1.53. The summed E-state index contributed by atoms with van der Waals surface area (Å²) >= 11 is 0. The number of hydrogen-bond acceptors (Lipinski definition) is 5. The topological polar surface area (TPSA) is 72.9 Å². The number of carbonyl (C=O) groups excluding carboxylic acids is 1. The first-order chi connectivity index (χ1) is 15.9. The van der Waals surface area contributed by atoms with E-state index >= 15 is 0 Å². The molecule has 0 saturated carbocycles. The molecule has 6 nitrogen and oxygen atoms in total. The summed E-state index contributed by atoms with van der Waals surface area (Å²) in [6.45, 7) is 0.0862. The molecule has 0 spiro atoms. The monoisotopic (exact) mass is 461 g/mol. The number of fused-ring (bicyclic) bond motifs is 1. The quantitative estimate of drug-likeness (QED) is 0.361. The zero-order valence-electron chi connectivity index (χ0n) is 18.3. The van der Waals surface area contributed by atoms with Crippen molar-refractivity contribution in [2.75, 3.05) is 18.5 Å². The van der Waals surface area contributed by atoms with E-state index in [1.807, 2.05) is 42.5 Å². The van der Waals surface area contributed by atoms with Crippen molar-refractivity contribution in [2.24, 2.45) is 0 Å². The van der Waals surface area contributed by atoms with Crippen LogP contribution in [0, 0.1) is 0 Å². The Morgan fingerprint density at radius 1 is 0.879 bits per heavy atom. The minimum absolute atomic E-state index is 0.000397. The summed E-state index contributed by atoms with van der Waals surface area (Å²) in [7, 11) is -0.876. The summed E-state index contributed by atoms with van der Waals surface area (Å²) in [6.07, 6.45) is 0. The number of nitrogens with zero attached hydrogens (tertiary/aromatic N) is 1. The fourth-order valence-corrected chi connectivity index (χ4v) is 4.76. The molecule has 0 radical (unpaired) electrons. The van der Waals surface area contributed by atoms with Gasteiger partial charge < -0.3 is 9.47 Å². The summed E-state index contributed by atoms with van der Waals surface area (Å²) in [5.74, 6) is 0.0348. The first-order valence-electron chi connectivity index (χ1n) is 10.3. The average Bonchev–Trinajstić information content (AvgIpc) is 2.86. The number of sulfonamides is 1. The molecule has 0 aromatic heterocycles. The van der Waals surface area contributed by atoms with Crippen LogP contribution in [0.2, 0.25) is 0 Å². The average molecular weight is 462 g/mol. The second kappa shape index (κ2) is 9.34. The fourth-order valence-electron chi connectivity index (χ4n) is 3.52. The minimum Gasteiger partial charge on any atom is -0.497 e. The Kier molecular flexibility index (Phi) is 6.33. The molecular formula is C26H23NO5S. The Bertz CT molecular complexity index is 1390. The number of methoxy groups -OCH3 is 1. The molecule has 168 valence electrons. The van der Waals surface area contributed by atoms with Crippen LogP contribution in [0.3, 0.4) is 0 Å². The molecule has 0 fully saturated rings. The van der Waals surface area contributed by atoms with Gasteiger partial charge in [-0.05, 0) is 58.8 Å². The Morgan fingerprint density at radius 2 is 1.58 bits per heavy atom. The molecule has 7 heteroatoms. The normalized spacial score (nSPS) is 11.2. The number of carbonyl (C=O) groups is 1. The largest absolute Gasteiger partial charge is 0.497 e. The maximum absolute atomic E-state index is 13.1. The maximum atomic E-state index is 13.1. The van der Waals surface area contributed by atoms with Gasteiger partial charge in [0.2, 0.25) is 0 Å². The molecular weight excluding hydrogens is 438 g/mol. The van der Waals surface area contributed by atoms with Crippen molar-refractivity contribution in [3.63, 3.8) is 0 Å². The number of hydrogen-bond donors (Lipinski definition) is 0. The minimum atomic E-state index is -3.88. The molecule has 4 aromatic carbocycles. The van der Waals surface area contributed by atoms with Crippen molar-refractivity contribution >= 4 is 32.5 Å². The third kappa shape index (κ3) is 4.68. The van der Waals surface area contributed by atoms with Crippen molar-refractivity contribution in [2.45, 2.75) is 11.5 Å². The first-order valence-corrected chi connectivity index (χ1v) is 11.7. The van der Waals surface area contributed by atoms with Gasteiger partial charge in [-0.25, -0.2) is 13.2 Å². The van der Waals surface area contributed by atoms with E-state index < -0.39 is 16.0 Å². The molecule has 0 heterocycles. The lowest BCUT2D eigenvalue weighted by Crippen LogP contribution is -2.26. The molecule has 0 saturated heterocycles. The smallest absolute Gasteiger partial charge is 0.338 e. The summed E-state index contributed by atoms with van der Waals surface area (Å²) in [4.78, 5) is 12.7. The number of benzene rings is 4. The van der Waals surface area contributed by atoms with Crippen LogP contribution < -0.4 is 9.04 Å². The van der Waals surface area contributed by atoms with Gasteiger partial charge in [0.25, 0.3) is 10.0 Å². The molecule has 4 aromatic rings. The lowest BCUT2D eigenvalue weighted by atomic mass is 10.1. The standard InChI is InChI=1S/C26H23NO5S/c1-27(22-13-15-23(31-2)16-14-22)33(29,30)24-11-6-9-20(17-24)26(28)32-18-21-10-5-8-19-7-3-4-12-25(19)21/h3-17H,18H2,1-2H3. The van der Waals surface area contributed by atoms with E-state index in [4.69, 9.17) is 9.47 Å². The Labute approximate surface area is 193 Å². The molecule has 0 amide bonds. The van der Waals surface area contributed by atoms with E-state index in [0.29, 0.717) is 11.4 Å². The van der Waals surface area contributed by atoms with Crippen LogP contribution >= 0.6 is 0 Å². The van der Waals surface area contributed by atoms with E-state index in [1.54, 1.807) is 31.4 Å². The predicted molar refractivity (Wildman–Crippen MR) is 128 cm³/mol. The van der Waals surface area contributed by atoms with Crippen molar-refractivity contribution in [1.29, 1.82) is 0 Å². The SMILES string of the molecule is COc1ccc(N(C)S(=O)(=O)c2cccc(C(=O)OCc3cccc4ccccc34)c2)cc1. The number of ether oxygens (including phenoxy) is 2. The zero-order valence-corrected chi connectivity index (χ0v) is 19.1. The molecule has 0 N–H and O–H groups in total. The van der Waals surface area contributed by atoms with Crippen LogP contribution in [0.25, 0.3) is 10.8 Å². The van der Waals surface area contributed by atoms with Crippen LogP contribution in [0.5, 0.6) is 5.75 Å². The molecule has 0 atom stereocenters. The van der Waals surface area contributed by atoms with Gasteiger partial charge in [0.05, 0.1) is 23.3 Å². The van der Waals surface area contributed by atoms with Gasteiger partial charge in [-0.1, -0.05) is 48.5 Å². The van der Waals surface area contributed by atoms with E-state index in [-0.39, 0.29) is 17.1 Å². The van der Waals surface area contributed by atoms with E-state index in [1.165, 1.54) is 31.3 Å². The van der Waals surface area contributed by atoms with Gasteiger partial charge in [-0.2, -0.15) is 0 Å². The molecule has 0 aliphatic rings. The summed E-state index contributed by atoms with van der Waals surface area (Å²) in [5, 5.41) is 2.06. The molecule has 0 aliphatic carbocycles. The van der Waals surface area contributed by atoms with E-state index in [2.05, 4.69) is 0 Å². The van der Waals surface area contributed by atoms with Crippen molar-refractivity contribution in [1.82, 2.24) is 0 Å². The highest BCUT2D eigenvalue weighted by atomic mass is 32.2. The van der Waals surface area contributed by atoms with Crippen LogP contribution in [0.1, 0.15) is 15.9 Å². The highest BCUT2D eigenvalue weighted by Crippen LogP contribution is 2.25. The first kappa shape index (κ1) is 22.4. The number of rotatable bonds is 7. The molecule has 33 heavy (non-hydrogen) atoms. The van der Waals surface area contributed by atoms with Crippen molar-refractivity contribution < 1.29 is 22.7 Å².